The third-order valence-electron chi connectivity index (χ3n) is 2.51. The Hall–Kier alpha value is -0.870. The van der Waals surface area contributed by atoms with E-state index in [4.69, 9.17) is 4.74 Å². The summed E-state index contributed by atoms with van der Waals surface area (Å²) in [5.41, 5.74) is 1.58. The van der Waals surface area contributed by atoms with Crippen LogP contribution in [0, 0.1) is 5.82 Å². The summed E-state index contributed by atoms with van der Waals surface area (Å²) >= 11 is 6.82. The first-order chi connectivity index (χ1) is 8.70. The molecule has 0 radical (unpaired) electrons. The van der Waals surface area contributed by atoms with Crippen LogP contribution in [0.1, 0.15) is 11.1 Å². The Balaban J connectivity index is 2.13. The highest BCUT2D eigenvalue weighted by Gasteiger charge is 2.06. The van der Waals surface area contributed by atoms with Gasteiger partial charge in [0.15, 0.2) is 0 Å². The number of ether oxygens (including phenoxy) is 1. The highest BCUT2D eigenvalue weighted by molar-refractivity contribution is 9.10. The molecule has 0 atom stereocenters. The molecule has 2 aromatic carbocycles. The van der Waals surface area contributed by atoms with Crippen LogP contribution in [0.3, 0.4) is 0 Å². The summed E-state index contributed by atoms with van der Waals surface area (Å²) in [6, 6.07) is 12.4. The van der Waals surface area contributed by atoms with Gasteiger partial charge < -0.3 is 4.74 Å². The van der Waals surface area contributed by atoms with E-state index in [1.807, 2.05) is 18.2 Å². The average molecular weight is 374 g/mol. The molecule has 0 N–H and O–H groups in total. The lowest BCUT2D eigenvalue weighted by Gasteiger charge is -2.11. The van der Waals surface area contributed by atoms with Gasteiger partial charge >= 0.3 is 0 Å². The maximum absolute atomic E-state index is 13.4. The van der Waals surface area contributed by atoms with Gasteiger partial charge in [-0.2, -0.15) is 0 Å². The second-order valence-corrected chi connectivity index (χ2v) is 5.24. The molecule has 94 valence electrons. The molecule has 18 heavy (non-hydrogen) atoms. The SMILES string of the molecule is Fc1ccccc1COc1ccc(Br)cc1CBr. The number of benzene rings is 2. The van der Waals surface area contributed by atoms with Gasteiger partial charge in [0.1, 0.15) is 18.2 Å². The van der Waals surface area contributed by atoms with E-state index >= 15 is 0 Å². The standard InChI is InChI=1S/C14H11Br2FO/c15-8-11-7-12(16)5-6-14(11)18-9-10-3-1-2-4-13(10)17/h1-7H,8-9H2. The van der Waals surface area contributed by atoms with Crippen molar-refractivity contribution in [1.82, 2.24) is 0 Å². The first-order valence-electron chi connectivity index (χ1n) is 5.41. The van der Waals surface area contributed by atoms with Crippen molar-refractivity contribution in [1.29, 1.82) is 0 Å². The van der Waals surface area contributed by atoms with Crippen molar-refractivity contribution in [2.45, 2.75) is 11.9 Å². The van der Waals surface area contributed by atoms with Gasteiger partial charge in [-0.1, -0.05) is 50.1 Å². The van der Waals surface area contributed by atoms with Crippen LogP contribution in [0.25, 0.3) is 0 Å². The van der Waals surface area contributed by atoms with Crippen LogP contribution in [-0.2, 0) is 11.9 Å². The molecule has 0 aliphatic rings. The molecule has 0 unspecified atom stereocenters. The zero-order valence-electron chi connectivity index (χ0n) is 9.50. The first kappa shape index (κ1) is 13.6. The molecule has 0 saturated heterocycles. The van der Waals surface area contributed by atoms with Crippen LogP contribution in [0.5, 0.6) is 5.75 Å². The number of hydrogen-bond acceptors (Lipinski definition) is 1. The summed E-state index contributed by atoms with van der Waals surface area (Å²) in [7, 11) is 0. The maximum Gasteiger partial charge on any atom is 0.129 e. The smallest absolute Gasteiger partial charge is 0.129 e. The van der Waals surface area contributed by atoms with Crippen molar-refractivity contribution in [3.05, 3.63) is 63.9 Å². The monoisotopic (exact) mass is 372 g/mol. The van der Waals surface area contributed by atoms with Crippen molar-refractivity contribution >= 4 is 31.9 Å². The van der Waals surface area contributed by atoms with E-state index in [9.17, 15) is 4.39 Å². The van der Waals surface area contributed by atoms with Crippen LogP contribution in [-0.4, -0.2) is 0 Å². The molecule has 4 heteroatoms. The molecular formula is C14H11Br2FO. The van der Waals surface area contributed by atoms with Crippen molar-refractivity contribution in [3.8, 4) is 5.75 Å². The molecule has 2 rings (SSSR count). The summed E-state index contributed by atoms with van der Waals surface area (Å²) in [6.07, 6.45) is 0. The van der Waals surface area contributed by atoms with Crippen LogP contribution < -0.4 is 4.74 Å². The van der Waals surface area contributed by atoms with Crippen LogP contribution in [0.2, 0.25) is 0 Å². The summed E-state index contributed by atoms with van der Waals surface area (Å²) < 4.78 is 20.1. The largest absolute Gasteiger partial charge is 0.488 e. The van der Waals surface area contributed by atoms with Gasteiger partial charge in [0.05, 0.1) is 0 Å². The van der Waals surface area contributed by atoms with Crippen molar-refractivity contribution in [2.24, 2.45) is 0 Å². The van der Waals surface area contributed by atoms with E-state index in [-0.39, 0.29) is 12.4 Å². The Labute approximate surface area is 122 Å². The summed E-state index contributed by atoms with van der Waals surface area (Å²) in [6.45, 7) is 0.230. The zero-order chi connectivity index (χ0) is 13.0. The van der Waals surface area contributed by atoms with E-state index in [0.29, 0.717) is 10.9 Å². The third kappa shape index (κ3) is 3.33. The van der Waals surface area contributed by atoms with Crippen molar-refractivity contribution in [3.63, 3.8) is 0 Å². The predicted molar refractivity (Wildman–Crippen MR) is 77.5 cm³/mol. The lowest BCUT2D eigenvalue weighted by atomic mass is 10.2. The lowest BCUT2D eigenvalue weighted by Crippen LogP contribution is -2.00. The van der Waals surface area contributed by atoms with Gasteiger partial charge in [-0.25, -0.2) is 4.39 Å². The molecule has 2 aromatic rings. The molecule has 0 fully saturated rings. The van der Waals surface area contributed by atoms with Crippen molar-refractivity contribution < 1.29 is 9.13 Å². The van der Waals surface area contributed by atoms with Gasteiger partial charge in [-0.05, 0) is 24.3 Å². The highest BCUT2D eigenvalue weighted by Crippen LogP contribution is 2.26. The molecule has 0 aromatic heterocycles. The van der Waals surface area contributed by atoms with Gasteiger partial charge in [-0.3, -0.25) is 0 Å². The quantitative estimate of drug-likeness (QED) is 0.680. The molecule has 0 aliphatic heterocycles. The van der Waals surface area contributed by atoms with E-state index < -0.39 is 0 Å². The Morgan fingerprint density at radius 1 is 1.06 bits per heavy atom. The fourth-order valence-corrected chi connectivity index (χ4v) is 2.41. The zero-order valence-corrected chi connectivity index (χ0v) is 12.7. The fraction of sp³-hybridized carbons (Fsp3) is 0.143. The molecule has 0 aliphatic carbocycles. The first-order valence-corrected chi connectivity index (χ1v) is 7.32. The fourth-order valence-electron chi connectivity index (χ4n) is 1.56. The van der Waals surface area contributed by atoms with E-state index in [0.717, 1.165) is 15.8 Å². The molecule has 0 bridgehead atoms. The van der Waals surface area contributed by atoms with Crippen LogP contribution >= 0.6 is 31.9 Å². The maximum atomic E-state index is 13.4. The van der Waals surface area contributed by atoms with Gasteiger partial charge in [-0.15, -0.1) is 0 Å². The highest BCUT2D eigenvalue weighted by atomic mass is 79.9. The second kappa shape index (κ2) is 6.34. The minimum atomic E-state index is -0.241. The Kier molecular flexibility index (Phi) is 4.78. The van der Waals surface area contributed by atoms with Gasteiger partial charge in [0.25, 0.3) is 0 Å². The number of alkyl halides is 1. The minimum absolute atomic E-state index is 0.230. The molecular weight excluding hydrogens is 363 g/mol. The predicted octanol–water partition coefficient (Wildman–Crippen LogP) is 5.06. The van der Waals surface area contributed by atoms with E-state index in [1.165, 1.54) is 6.07 Å². The molecule has 0 spiro atoms. The normalized spacial score (nSPS) is 10.4. The number of hydrogen-bond donors (Lipinski definition) is 0. The number of rotatable bonds is 4. The minimum Gasteiger partial charge on any atom is -0.488 e. The topological polar surface area (TPSA) is 9.23 Å². The molecule has 0 saturated carbocycles. The van der Waals surface area contributed by atoms with Crippen molar-refractivity contribution in [2.75, 3.05) is 0 Å². The lowest BCUT2D eigenvalue weighted by molar-refractivity contribution is 0.297. The third-order valence-corrected chi connectivity index (χ3v) is 3.60. The van der Waals surface area contributed by atoms with E-state index in [1.54, 1.807) is 18.2 Å². The Morgan fingerprint density at radius 2 is 1.83 bits per heavy atom. The second-order valence-electron chi connectivity index (χ2n) is 3.77. The summed E-state index contributed by atoms with van der Waals surface area (Å²) in [4.78, 5) is 0. The molecule has 1 nitrogen and oxygen atoms in total. The van der Waals surface area contributed by atoms with Crippen LogP contribution in [0.4, 0.5) is 4.39 Å². The van der Waals surface area contributed by atoms with Gasteiger partial charge in [0.2, 0.25) is 0 Å². The average Bonchev–Trinajstić information content (AvgIpc) is 2.39. The molecule has 0 heterocycles. The summed E-state index contributed by atoms with van der Waals surface area (Å²) in [5.74, 6) is 0.522. The Morgan fingerprint density at radius 3 is 2.56 bits per heavy atom. The van der Waals surface area contributed by atoms with E-state index in [2.05, 4.69) is 31.9 Å². The number of halogens is 3. The Bertz CT molecular complexity index is 543. The molecule has 0 amide bonds. The van der Waals surface area contributed by atoms with Gasteiger partial charge in [0, 0.05) is 20.9 Å². The van der Waals surface area contributed by atoms with Crippen LogP contribution in [0.15, 0.2) is 46.9 Å². The summed E-state index contributed by atoms with van der Waals surface area (Å²) in [5, 5.41) is 0.693.